The summed E-state index contributed by atoms with van der Waals surface area (Å²) in [5.41, 5.74) is 0.879. The van der Waals surface area contributed by atoms with E-state index in [9.17, 15) is 9.59 Å². The van der Waals surface area contributed by atoms with Crippen molar-refractivity contribution < 1.29 is 9.90 Å². The monoisotopic (exact) mass is 301 g/mol. The van der Waals surface area contributed by atoms with Crippen LogP contribution in [0, 0.1) is 0 Å². The minimum atomic E-state index is -0.509. The number of anilines is 1. The zero-order valence-electron chi connectivity index (χ0n) is 10.8. The maximum Gasteiger partial charge on any atom is 0.271 e. The third-order valence-corrected chi connectivity index (χ3v) is 3.75. The summed E-state index contributed by atoms with van der Waals surface area (Å²) in [4.78, 5) is 28.9. The van der Waals surface area contributed by atoms with Gasteiger partial charge in [0.15, 0.2) is 4.96 Å². The number of nitrogens with zero attached hydrogens (tertiary/aromatic N) is 2. The van der Waals surface area contributed by atoms with Gasteiger partial charge in [-0.2, -0.15) is 0 Å². The quantitative estimate of drug-likeness (QED) is 0.768. The summed E-state index contributed by atoms with van der Waals surface area (Å²) in [6.45, 7) is -0.0612. The second-order valence-corrected chi connectivity index (χ2v) is 5.21. The number of thiazole rings is 1. The Balaban J connectivity index is 1.89. The molecule has 0 saturated heterocycles. The first-order chi connectivity index (χ1) is 10.2. The standard InChI is InChI=1S/C14H11N3O3S/c18-8-9-1-3-10(4-2-9)16-12(19)11-7-15-14-17(13(11)20)5-6-21-14/h1-7,18H,8H2,(H,16,19). The third kappa shape index (κ3) is 2.56. The maximum absolute atomic E-state index is 12.2. The van der Waals surface area contributed by atoms with Gasteiger partial charge in [0.2, 0.25) is 0 Å². The fourth-order valence-electron chi connectivity index (χ4n) is 1.87. The molecule has 1 aromatic carbocycles. The molecule has 21 heavy (non-hydrogen) atoms. The van der Waals surface area contributed by atoms with E-state index in [0.717, 1.165) is 5.56 Å². The average Bonchev–Trinajstić information content (AvgIpc) is 2.98. The van der Waals surface area contributed by atoms with Gasteiger partial charge in [0, 0.05) is 23.5 Å². The van der Waals surface area contributed by atoms with E-state index in [1.165, 1.54) is 21.9 Å². The molecule has 0 bridgehead atoms. The Labute approximate surface area is 123 Å². The number of aliphatic hydroxyl groups is 1. The normalized spacial score (nSPS) is 10.7. The van der Waals surface area contributed by atoms with Gasteiger partial charge < -0.3 is 10.4 Å². The molecule has 0 aliphatic carbocycles. The highest BCUT2D eigenvalue weighted by Gasteiger charge is 2.13. The van der Waals surface area contributed by atoms with Gasteiger partial charge in [-0.15, -0.1) is 11.3 Å². The number of hydrogen-bond acceptors (Lipinski definition) is 5. The minimum absolute atomic E-state index is 0.0165. The van der Waals surface area contributed by atoms with E-state index < -0.39 is 11.5 Å². The van der Waals surface area contributed by atoms with E-state index in [-0.39, 0.29) is 12.2 Å². The number of nitrogens with one attached hydrogen (secondary N) is 1. The Morgan fingerprint density at radius 1 is 1.33 bits per heavy atom. The van der Waals surface area contributed by atoms with Gasteiger partial charge in [-0.1, -0.05) is 12.1 Å². The lowest BCUT2D eigenvalue weighted by atomic mass is 10.2. The number of carbonyl (C=O) groups excluding carboxylic acids is 1. The molecule has 2 N–H and O–H groups in total. The first kappa shape index (κ1) is 13.5. The van der Waals surface area contributed by atoms with Crippen LogP contribution in [0.25, 0.3) is 4.96 Å². The van der Waals surface area contributed by atoms with E-state index >= 15 is 0 Å². The Morgan fingerprint density at radius 2 is 2.10 bits per heavy atom. The first-order valence-corrected chi connectivity index (χ1v) is 7.03. The summed E-state index contributed by atoms with van der Waals surface area (Å²) < 4.78 is 1.34. The van der Waals surface area contributed by atoms with Gasteiger partial charge in [0.05, 0.1) is 6.61 Å². The molecule has 3 rings (SSSR count). The van der Waals surface area contributed by atoms with Crippen molar-refractivity contribution in [1.29, 1.82) is 0 Å². The van der Waals surface area contributed by atoms with Crippen molar-refractivity contribution in [3.05, 3.63) is 63.5 Å². The predicted molar refractivity (Wildman–Crippen MR) is 79.7 cm³/mol. The van der Waals surface area contributed by atoms with E-state index in [4.69, 9.17) is 5.11 Å². The average molecular weight is 301 g/mol. The number of aromatic nitrogens is 2. The van der Waals surface area contributed by atoms with Crippen molar-refractivity contribution >= 4 is 27.9 Å². The van der Waals surface area contributed by atoms with Crippen LogP contribution in [0.15, 0.2) is 46.8 Å². The van der Waals surface area contributed by atoms with Crippen LogP contribution >= 0.6 is 11.3 Å². The lowest BCUT2D eigenvalue weighted by Gasteiger charge is -2.05. The molecular formula is C14H11N3O3S. The molecule has 0 fully saturated rings. The van der Waals surface area contributed by atoms with Crippen molar-refractivity contribution in [3.63, 3.8) is 0 Å². The summed E-state index contributed by atoms with van der Waals surface area (Å²) in [6.07, 6.45) is 2.87. The smallest absolute Gasteiger partial charge is 0.271 e. The molecule has 0 spiro atoms. The van der Waals surface area contributed by atoms with Crippen LogP contribution in [0.4, 0.5) is 5.69 Å². The molecule has 3 aromatic rings. The minimum Gasteiger partial charge on any atom is -0.392 e. The lowest BCUT2D eigenvalue weighted by Crippen LogP contribution is -2.25. The summed E-state index contributed by atoms with van der Waals surface area (Å²) in [5.74, 6) is -0.509. The zero-order valence-corrected chi connectivity index (χ0v) is 11.6. The highest BCUT2D eigenvalue weighted by atomic mass is 32.1. The summed E-state index contributed by atoms with van der Waals surface area (Å²) in [5, 5.41) is 13.3. The molecule has 0 atom stereocenters. The van der Waals surface area contributed by atoms with Crippen LogP contribution in [0.1, 0.15) is 15.9 Å². The Hall–Kier alpha value is -2.51. The molecule has 0 saturated carbocycles. The van der Waals surface area contributed by atoms with Crippen LogP contribution < -0.4 is 10.9 Å². The molecule has 0 aliphatic rings. The predicted octanol–water partition coefficient (Wildman–Crippen LogP) is 1.50. The fourth-order valence-corrected chi connectivity index (χ4v) is 2.55. The van der Waals surface area contributed by atoms with Crippen LogP contribution in [0.3, 0.4) is 0 Å². The van der Waals surface area contributed by atoms with Crippen LogP contribution in [-0.2, 0) is 6.61 Å². The van der Waals surface area contributed by atoms with Crippen LogP contribution in [0.2, 0.25) is 0 Å². The number of amides is 1. The van der Waals surface area contributed by atoms with E-state index in [0.29, 0.717) is 10.6 Å². The summed E-state index contributed by atoms with van der Waals surface area (Å²) >= 11 is 1.33. The Kier molecular flexibility index (Phi) is 3.51. The topological polar surface area (TPSA) is 83.7 Å². The highest BCUT2D eigenvalue weighted by Crippen LogP contribution is 2.11. The van der Waals surface area contributed by atoms with Gasteiger partial charge in [-0.05, 0) is 17.7 Å². The molecular weight excluding hydrogens is 290 g/mol. The van der Waals surface area contributed by atoms with Crippen LogP contribution in [0.5, 0.6) is 0 Å². The van der Waals surface area contributed by atoms with Crippen molar-refractivity contribution in [2.45, 2.75) is 6.61 Å². The van der Waals surface area contributed by atoms with E-state index in [2.05, 4.69) is 10.3 Å². The molecule has 0 unspecified atom stereocenters. The lowest BCUT2D eigenvalue weighted by molar-refractivity contribution is 0.102. The van der Waals surface area contributed by atoms with Gasteiger partial charge in [-0.3, -0.25) is 14.0 Å². The molecule has 7 heteroatoms. The van der Waals surface area contributed by atoms with Crippen molar-refractivity contribution in [2.75, 3.05) is 5.32 Å². The number of benzene rings is 1. The zero-order chi connectivity index (χ0) is 14.8. The second kappa shape index (κ2) is 5.47. The number of rotatable bonds is 3. The molecule has 0 radical (unpaired) electrons. The van der Waals surface area contributed by atoms with E-state index in [1.807, 2.05) is 0 Å². The molecule has 0 aliphatic heterocycles. The molecule has 1 amide bonds. The molecule has 2 aromatic heterocycles. The van der Waals surface area contributed by atoms with Gasteiger partial charge in [0.1, 0.15) is 5.56 Å². The number of aliphatic hydroxyl groups excluding tert-OH is 1. The van der Waals surface area contributed by atoms with Gasteiger partial charge in [-0.25, -0.2) is 4.98 Å². The van der Waals surface area contributed by atoms with E-state index in [1.54, 1.807) is 35.8 Å². The first-order valence-electron chi connectivity index (χ1n) is 6.15. The fraction of sp³-hybridized carbons (Fsp3) is 0.0714. The van der Waals surface area contributed by atoms with Crippen molar-refractivity contribution in [2.24, 2.45) is 0 Å². The maximum atomic E-state index is 12.2. The Bertz CT molecular complexity index is 852. The van der Waals surface area contributed by atoms with Gasteiger partial charge in [0.25, 0.3) is 11.5 Å². The molecule has 2 heterocycles. The van der Waals surface area contributed by atoms with Crippen LogP contribution in [-0.4, -0.2) is 20.4 Å². The number of fused-ring (bicyclic) bond motifs is 1. The third-order valence-electron chi connectivity index (χ3n) is 2.98. The highest BCUT2D eigenvalue weighted by molar-refractivity contribution is 7.15. The summed E-state index contributed by atoms with van der Waals surface area (Å²) in [7, 11) is 0. The van der Waals surface area contributed by atoms with Crippen molar-refractivity contribution in [1.82, 2.24) is 9.38 Å². The molecule has 106 valence electrons. The summed E-state index contributed by atoms with van der Waals surface area (Å²) in [6, 6.07) is 6.72. The van der Waals surface area contributed by atoms with Gasteiger partial charge >= 0.3 is 0 Å². The SMILES string of the molecule is O=C(Nc1ccc(CO)cc1)c1cnc2sccn2c1=O. The second-order valence-electron chi connectivity index (χ2n) is 4.34. The van der Waals surface area contributed by atoms with Crippen molar-refractivity contribution in [3.8, 4) is 0 Å². The molecule has 6 nitrogen and oxygen atoms in total. The Morgan fingerprint density at radius 3 is 2.81 bits per heavy atom. The largest absolute Gasteiger partial charge is 0.392 e. The number of carbonyl (C=O) groups is 1. The number of hydrogen-bond donors (Lipinski definition) is 2.